The lowest BCUT2D eigenvalue weighted by molar-refractivity contribution is 0.103. The largest absolute Gasteiger partial charge is 0.383 e. The van der Waals surface area contributed by atoms with Gasteiger partial charge in [-0.25, -0.2) is 0 Å². The van der Waals surface area contributed by atoms with Gasteiger partial charge >= 0.3 is 0 Å². The lowest BCUT2D eigenvalue weighted by Crippen LogP contribution is -2.12. The van der Waals surface area contributed by atoms with Crippen molar-refractivity contribution in [2.24, 2.45) is 0 Å². The summed E-state index contributed by atoms with van der Waals surface area (Å²) in [6.45, 7) is 1.86. The molecule has 0 aliphatic heterocycles. The molecule has 0 saturated heterocycles. The number of thiophene rings is 1. The Hall–Kier alpha value is -1.25. The van der Waals surface area contributed by atoms with Crippen molar-refractivity contribution in [2.75, 3.05) is 20.4 Å². The summed E-state index contributed by atoms with van der Waals surface area (Å²) >= 11 is 3.08. The summed E-state index contributed by atoms with van der Waals surface area (Å²) in [4.78, 5) is 15.6. The van der Waals surface area contributed by atoms with Crippen molar-refractivity contribution in [3.8, 4) is 6.07 Å². The number of nitrogens with zero attached hydrogens (tertiary/aromatic N) is 2. The van der Waals surface area contributed by atoms with E-state index in [9.17, 15) is 10.1 Å². The van der Waals surface area contributed by atoms with E-state index in [1.54, 1.807) is 11.8 Å². The minimum atomic E-state index is 0.0704. The third-order valence-electron chi connectivity index (χ3n) is 4.24. The molecule has 0 atom stereocenters. The van der Waals surface area contributed by atoms with Crippen molar-refractivity contribution in [3.05, 3.63) is 27.8 Å². The van der Waals surface area contributed by atoms with Crippen LogP contribution in [0.4, 0.5) is 0 Å². The van der Waals surface area contributed by atoms with Gasteiger partial charge in [0.15, 0.2) is 5.78 Å². The highest BCUT2D eigenvalue weighted by Gasteiger charge is 2.29. The molecule has 0 spiro atoms. The van der Waals surface area contributed by atoms with Crippen LogP contribution in [0.15, 0.2) is 16.0 Å². The average Bonchev–Trinajstić information content (AvgIpc) is 2.92. The number of nitriles is 1. The third kappa shape index (κ3) is 3.99. The Balaban J connectivity index is 2.52. The molecule has 1 aromatic rings. The molecule has 0 unspecified atom stereocenters. The van der Waals surface area contributed by atoms with E-state index in [4.69, 9.17) is 0 Å². The predicted octanol–water partition coefficient (Wildman–Crippen LogP) is 5.04. The zero-order chi connectivity index (χ0) is 17.0. The number of hydrogen-bond donors (Lipinski definition) is 0. The van der Waals surface area contributed by atoms with Crippen molar-refractivity contribution >= 4 is 28.9 Å². The van der Waals surface area contributed by atoms with Crippen LogP contribution >= 0.6 is 23.1 Å². The molecule has 0 aromatic carbocycles. The van der Waals surface area contributed by atoms with E-state index < -0.39 is 0 Å². The maximum absolute atomic E-state index is 12.9. The van der Waals surface area contributed by atoms with E-state index in [2.05, 4.69) is 6.07 Å². The van der Waals surface area contributed by atoms with Gasteiger partial charge < -0.3 is 4.90 Å². The molecule has 1 aliphatic carbocycles. The second kappa shape index (κ2) is 8.03. The molecule has 5 heteroatoms. The fourth-order valence-corrected chi connectivity index (χ4v) is 5.26. The first-order chi connectivity index (χ1) is 11.0. The number of rotatable bonds is 5. The van der Waals surface area contributed by atoms with Gasteiger partial charge in [-0.1, -0.05) is 19.3 Å². The standard InChI is InChI=1S/C18H24N2OS2/c1-12(11-20(2)3)16(21)17-15(13-8-6-5-7-9-13)14(10-19)18(22-4)23-17/h11,13H,5-9H2,1-4H3. The maximum Gasteiger partial charge on any atom is 0.200 e. The summed E-state index contributed by atoms with van der Waals surface area (Å²) in [5.74, 6) is 0.433. The van der Waals surface area contributed by atoms with Crippen LogP contribution in [-0.2, 0) is 0 Å². The molecule has 1 fully saturated rings. The van der Waals surface area contributed by atoms with Gasteiger partial charge in [0, 0.05) is 25.9 Å². The second-order valence-electron chi connectivity index (χ2n) is 6.26. The highest BCUT2D eigenvalue weighted by molar-refractivity contribution is 8.00. The Bertz CT molecular complexity index is 647. The Labute approximate surface area is 147 Å². The fraction of sp³-hybridized carbons (Fsp3) is 0.556. The molecule has 2 rings (SSSR count). The zero-order valence-corrected chi connectivity index (χ0v) is 15.9. The summed E-state index contributed by atoms with van der Waals surface area (Å²) in [6, 6.07) is 2.37. The van der Waals surface area contributed by atoms with Crippen LogP contribution in [0.25, 0.3) is 0 Å². The first kappa shape index (κ1) is 18.1. The lowest BCUT2D eigenvalue weighted by atomic mass is 9.82. The Morgan fingerprint density at radius 2 is 2.00 bits per heavy atom. The van der Waals surface area contributed by atoms with Gasteiger partial charge in [-0.05, 0) is 37.5 Å². The number of allylic oxidation sites excluding steroid dienone is 1. The van der Waals surface area contributed by atoms with Crippen LogP contribution in [-0.4, -0.2) is 31.0 Å². The van der Waals surface area contributed by atoms with Crippen molar-refractivity contribution in [3.63, 3.8) is 0 Å². The van der Waals surface area contributed by atoms with Crippen LogP contribution < -0.4 is 0 Å². The first-order valence-corrected chi connectivity index (χ1v) is 10.0. The van der Waals surface area contributed by atoms with Crippen LogP contribution in [0.5, 0.6) is 0 Å². The van der Waals surface area contributed by atoms with E-state index in [-0.39, 0.29) is 5.78 Å². The predicted molar refractivity (Wildman–Crippen MR) is 98.4 cm³/mol. The maximum atomic E-state index is 12.9. The SMILES string of the molecule is CSc1sc(C(=O)C(C)=CN(C)C)c(C2CCCCC2)c1C#N. The van der Waals surface area contributed by atoms with E-state index in [1.807, 2.05) is 38.4 Å². The van der Waals surface area contributed by atoms with E-state index in [0.29, 0.717) is 5.92 Å². The van der Waals surface area contributed by atoms with Gasteiger partial charge in [0.1, 0.15) is 6.07 Å². The molecule has 0 radical (unpaired) electrons. The normalized spacial score (nSPS) is 16.2. The average molecular weight is 349 g/mol. The van der Waals surface area contributed by atoms with Crippen molar-refractivity contribution in [2.45, 2.75) is 49.2 Å². The van der Waals surface area contributed by atoms with Crippen LogP contribution in [0.2, 0.25) is 0 Å². The molecule has 1 aromatic heterocycles. The molecule has 1 heterocycles. The Morgan fingerprint density at radius 1 is 1.35 bits per heavy atom. The summed E-state index contributed by atoms with van der Waals surface area (Å²) < 4.78 is 0.981. The monoisotopic (exact) mass is 348 g/mol. The Kier molecular flexibility index (Phi) is 6.32. The minimum Gasteiger partial charge on any atom is -0.383 e. The smallest absolute Gasteiger partial charge is 0.200 e. The molecule has 124 valence electrons. The lowest BCUT2D eigenvalue weighted by Gasteiger charge is -2.22. The van der Waals surface area contributed by atoms with Gasteiger partial charge in [-0.3, -0.25) is 4.79 Å². The highest BCUT2D eigenvalue weighted by Crippen LogP contribution is 2.44. The van der Waals surface area contributed by atoms with Gasteiger partial charge in [0.25, 0.3) is 0 Å². The van der Waals surface area contributed by atoms with Crippen molar-refractivity contribution in [1.29, 1.82) is 5.26 Å². The topological polar surface area (TPSA) is 44.1 Å². The van der Waals surface area contributed by atoms with Gasteiger partial charge in [-0.15, -0.1) is 23.1 Å². The molecular formula is C18H24N2OS2. The molecule has 3 nitrogen and oxygen atoms in total. The van der Waals surface area contributed by atoms with E-state index >= 15 is 0 Å². The van der Waals surface area contributed by atoms with Crippen LogP contribution in [0.1, 0.15) is 65.7 Å². The zero-order valence-electron chi connectivity index (χ0n) is 14.3. The molecule has 23 heavy (non-hydrogen) atoms. The summed E-state index contributed by atoms with van der Waals surface area (Å²) in [6.07, 6.45) is 9.68. The van der Waals surface area contributed by atoms with Crippen LogP contribution in [0, 0.1) is 11.3 Å². The van der Waals surface area contributed by atoms with E-state index in [0.717, 1.165) is 38.6 Å². The molecule has 1 aliphatic rings. The van der Waals surface area contributed by atoms with Crippen molar-refractivity contribution < 1.29 is 4.79 Å². The van der Waals surface area contributed by atoms with Gasteiger partial charge in [-0.2, -0.15) is 5.26 Å². The number of thioether (sulfide) groups is 1. The third-order valence-corrected chi connectivity index (χ3v) is 6.56. The number of hydrogen-bond acceptors (Lipinski definition) is 5. The second-order valence-corrected chi connectivity index (χ2v) is 8.36. The number of Topliss-reactive ketones (excluding diaryl/α,β-unsaturated/α-hetero) is 1. The summed E-state index contributed by atoms with van der Waals surface area (Å²) in [5.41, 5.74) is 2.50. The van der Waals surface area contributed by atoms with Gasteiger partial charge in [0.05, 0.1) is 14.6 Å². The van der Waals surface area contributed by atoms with Crippen LogP contribution in [0.3, 0.4) is 0 Å². The number of ketones is 1. The highest BCUT2D eigenvalue weighted by atomic mass is 32.2. The Morgan fingerprint density at radius 3 is 2.52 bits per heavy atom. The summed E-state index contributed by atoms with van der Waals surface area (Å²) in [5, 5.41) is 9.65. The van der Waals surface area contributed by atoms with Crippen molar-refractivity contribution in [1.82, 2.24) is 4.90 Å². The molecule has 0 amide bonds. The number of carbonyl (C=O) groups excluding carboxylic acids is 1. The quantitative estimate of drug-likeness (QED) is 0.425. The molecule has 1 saturated carbocycles. The van der Waals surface area contributed by atoms with E-state index in [1.165, 1.54) is 30.6 Å². The molecular weight excluding hydrogens is 324 g/mol. The molecule has 0 N–H and O–H groups in total. The summed E-state index contributed by atoms with van der Waals surface area (Å²) in [7, 11) is 3.84. The first-order valence-electron chi connectivity index (χ1n) is 7.99. The fourth-order valence-electron chi connectivity index (χ4n) is 3.25. The minimum absolute atomic E-state index is 0.0704. The number of carbonyl (C=O) groups is 1. The van der Waals surface area contributed by atoms with Gasteiger partial charge in [0.2, 0.25) is 0 Å². The molecule has 0 bridgehead atoms.